The predicted octanol–water partition coefficient (Wildman–Crippen LogP) is -0.190. The molecular weight excluding hydrogens is 217 g/mol. The fourth-order valence-electron chi connectivity index (χ4n) is 1.44. The van der Waals surface area contributed by atoms with Crippen LogP contribution in [0.3, 0.4) is 0 Å². The zero-order valence-electron chi connectivity index (χ0n) is 8.03. The van der Waals surface area contributed by atoms with Gasteiger partial charge in [-0.25, -0.2) is 0 Å². The van der Waals surface area contributed by atoms with Crippen molar-refractivity contribution in [3.05, 3.63) is 0 Å². The summed E-state index contributed by atoms with van der Waals surface area (Å²) in [6, 6.07) is 0. The molecule has 1 aliphatic heterocycles. The van der Waals surface area contributed by atoms with Gasteiger partial charge in [-0.2, -0.15) is 13.2 Å². The number of ether oxygens (including phenoxy) is 1. The number of rotatable bonds is 1. The Hall–Kier alpha value is -0.370. The largest absolute Gasteiger partial charge is 0.419 e. The fraction of sp³-hybridized carbons (Fsp3) is 1.00. The summed E-state index contributed by atoms with van der Waals surface area (Å²) in [5.41, 5.74) is -3.17. The summed E-state index contributed by atoms with van der Waals surface area (Å²) >= 11 is 0. The third-order valence-electron chi connectivity index (χ3n) is 2.54. The minimum absolute atomic E-state index is 0.0472. The van der Waals surface area contributed by atoms with Gasteiger partial charge in [0.1, 0.15) is 12.2 Å². The summed E-state index contributed by atoms with van der Waals surface area (Å²) in [7, 11) is 0. The van der Waals surface area contributed by atoms with E-state index in [0.29, 0.717) is 6.92 Å². The number of hydrogen-bond acceptors (Lipinski definition) is 4. The molecule has 0 aromatic carbocycles. The Morgan fingerprint density at radius 1 is 1.27 bits per heavy atom. The summed E-state index contributed by atoms with van der Waals surface area (Å²) in [4.78, 5) is 0. The van der Waals surface area contributed by atoms with E-state index in [4.69, 9.17) is 5.11 Å². The van der Waals surface area contributed by atoms with Gasteiger partial charge in [-0.15, -0.1) is 0 Å². The summed E-state index contributed by atoms with van der Waals surface area (Å²) in [5.74, 6) is 0. The van der Waals surface area contributed by atoms with Crippen LogP contribution in [-0.2, 0) is 4.74 Å². The van der Waals surface area contributed by atoms with Gasteiger partial charge in [0, 0.05) is 6.61 Å². The van der Waals surface area contributed by atoms with E-state index >= 15 is 0 Å². The molecule has 0 aromatic rings. The van der Waals surface area contributed by atoms with Crippen LogP contribution in [0, 0.1) is 0 Å². The average Bonchev–Trinajstić information content (AvgIpc) is 2.07. The Balaban J connectivity index is 2.86. The van der Waals surface area contributed by atoms with Crippen molar-refractivity contribution in [2.24, 2.45) is 0 Å². The lowest BCUT2D eigenvalue weighted by Crippen LogP contribution is -2.62. The van der Waals surface area contributed by atoms with Crippen LogP contribution >= 0.6 is 0 Å². The van der Waals surface area contributed by atoms with Crippen molar-refractivity contribution in [1.29, 1.82) is 0 Å². The zero-order chi connectivity index (χ0) is 11.9. The van der Waals surface area contributed by atoms with Crippen LogP contribution in [0.25, 0.3) is 0 Å². The Bertz CT molecular complexity index is 228. The molecule has 90 valence electrons. The molecule has 0 aliphatic carbocycles. The van der Waals surface area contributed by atoms with Gasteiger partial charge < -0.3 is 20.1 Å². The number of aliphatic hydroxyl groups excluding tert-OH is 2. The van der Waals surface area contributed by atoms with Gasteiger partial charge in [-0.3, -0.25) is 0 Å². The smallest absolute Gasteiger partial charge is 0.390 e. The molecule has 3 N–H and O–H groups in total. The van der Waals surface area contributed by atoms with Crippen LogP contribution in [0.1, 0.15) is 13.3 Å². The van der Waals surface area contributed by atoms with E-state index in [2.05, 4.69) is 4.74 Å². The number of halogens is 3. The molecule has 0 amide bonds. The third kappa shape index (κ3) is 2.25. The van der Waals surface area contributed by atoms with E-state index < -0.39 is 30.1 Å². The van der Waals surface area contributed by atoms with Gasteiger partial charge in [-0.05, 0) is 13.3 Å². The predicted molar refractivity (Wildman–Crippen MR) is 43.0 cm³/mol. The van der Waals surface area contributed by atoms with Crippen molar-refractivity contribution >= 4 is 0 Å². The molecule has 7 heteroatoms. The molecule has 0 spiro atoms. The topological polar surface area (TPSA) is 69.9 Å². The van der Waals surface area contributed by atoms with E-state index in [1.54, 1.807) is 0 Å². The first kappa shape index (κ1) is 12.7. The Labute approximate surface area is 84.3 Å². The molecule has 0 radical (unpaired) electrons. The molecule has 0 bridgehead atoms. The van der Waals surface area contributed by atoms with Gasteiger partial charge in [-0.1, -0.05) is 0 Å². The van der Waals surface area contributed by atoms with Gasteiger partial charge in [0.15, 0.2) is 5.60 Å². The van der Waals surface area contributed by atoms with Crippen molar-refractivity contribution in [3.8, 4) is 0 Å². The maximum Gasteiger partial charge on any atom is 0.419 e. The molecule has 1 aliphatic rings. The van der Waals surface area contributed by atoms with Crippen LogP contribution in [0.5, 0.6) is 0 Å². The van der Waals surface area contributed by atoms with Crippen LogP contribution in [0.2, 0.25) is 0 Å². The highest BCUT2D eigenvalue weighted by atomic mass is 19.4. The lowest BCUT2D eigenvalue weighted by Gasteiger charge is -2.41. The van der Waals surface area contributed by atoms with Crippen molar-refractivity contribution < 1.29 is 33.2 Å². The molecule has 1 saturated heterocycles. The quantitative estimate of drug-likeness (QED) is 0.584. The SMILES string of the molecule is CC(O)(C1OCCC(O)C1O)C(F)(F)F. The molecule has 4 unspecified atom stereocenters. The molecule has 4 nitrogen and oxygen atoms in total. The Kier molecular flexibility index (Phi) is 3.30. The zero-order valence-corrected chi connectivity index (χ0v) is 8.03. The summed E-state index contributed by atoms with van der Waals surface area (Å²) in [5, 5.41) is 27.7. The second-order valence-electron chi connectivity index (χ2n) is 3.78. The van der Waals surface area contributed by atoms with Gasteiger partial charge >= 0.3 is 6.18 Å². The molecule has 1 fully saturated rings. The summed E-state index contributed by atoms with van der Waals surface area (Å²) in [6.07, 6.45) is -9.78. The average molecular weight is 230 g/mol. The fourth-order valence-corrected chi connectivity index (χ4v) is 1.44. The molecule has 1 heterocycles. The molecule has 15 heavy (non-hydrogen) atoms. The summed E-state index contributed by atoms with van der Waals surface area (Å²) < 4.78 is 41.9. The second kappa shape index (κ2) is 3.89. The maximum atomic E-state index is 12.4. The Morgan fingerprint density at radius 3 is 2.27 bits per heavy atom. The van der Waals surface area contributed by atoms with Gasteiger partial charge in [0.25, 0.3) is 0 Å². The second-order valence-corrected chi connectivity index (χ2v) is 3.78. The van der Waals surface area contributed by atoms with Crippen molar-refractivity contribution in [2.45, 2.75) is 43.4 Å². The molecule has 0 aromatic heterocycles. The van der Waals surface area contributed by atoms with E-state index in [1.807, 2.05) is 0 Å². The van der Waals surface area contributed by atoms with Crippen molar-refractivity contribution in [2.75, 3.05) is 6.61 Å². The first-order chi connectivity index (χ1) is 6.68. The van der Waals surface area contributed by atoms with Crippen LogP contribution in [-0.4, -0.2) is 52.0 Å². The minimum Gasteiger partial charge on any atom is -0.390 e. The van der Waals surface area contributed by atoms with Gasteiger partial charge in [0.2, 0.25) is 0 Å². The normalized spacial score (nSPS) is 37.4. The first-order valence-electron chi connectivity index (χ1n) is 4.44. The maximum absolute atomic E-state index is 12.4. The van der Waals surface area contributed by atoms with E-state index in [0.717, 1.165) is 0 Å². The highest BCUT2D eigenvalue weighted by Gasteiger charge is 2.59. The Morgan fingerprint density at radius 2 is 1.80 bits per heavy atom. The highest BCUT2D eigenvalue weighted by molar-refractivity contribution is 4.97. The number of aliphatic hydroxyl groups is 3. The minimum atomic E-state index is -4.92. The monoisotopic (exact) mass is 230 g/mol. The molecule has 0 saturated carbocycles. The molecular formula is C8H13F3O4. The van der Waals surface area contributed by atoms with E-state index in [9.17, 15) is 23.4 Å². The van der Waals surface area contributed by atoms with Crippen LogP contribution in [0.4, 0.5) is 13.2 Å². The third-order valence-corrected chi connectivity index (χ3v) is 2.54. The summed E-state index contributed by atoms with van der Waals surface area (Å²) in [6.45, 7) is 0.383. The number of hydrogen-bond donors (Lipinski definition) is 3. The van der Waals surface area contributed by atoms with E-state index in [-0.39, 0.29) is 13.0 Å². The molecule has 1 rings (SSSR count). The lowest BCUT2D eigenvalue weighted by molar-refractivity contribution is -0.313. The number of alkyl halides is 3. The van der Waals surface area contributed by atoms with Crippen LogP contribution < -0.4 is 0 Å². The first-order valence-corrected chi connectivity index (χ1v) is 4.44. The van der Waals surface area contributed by atoms with Crippen molar-refractivity contribution in [3.63, 3.8) is 0 Å². The lowest BCUT2D eigenvalue weighted by atomic mass is 9.88. The standard InChI is InChI=1S/C8H13F3O4/c1-7(14,8(9,10)11)6-5(13)4(12)2-3-15-6/h4-6,12-14H,2-3H2,1H3. The van der Waals surface area contributed by atoms with Crippen LogP contribution in [0.15, 0.2) is 0 Å². The van der Waals surface area contributed by atoms with Gasteiger partial charge in [0.05, 0.1) is 6.10 Å². The highest BCUT2D eigenvalue weighted by Crippen LogP contribution is 2.37. The van der Waals surface area contributed by atoms with Crippen molar-refractivity contribution in [1.82, 2.24) is 0 Å². The van der Waals surface area contributed by atoms with E-state index in [1.165, 1.54) is 0 Å². The molecule has 4 atom stereocenters.